The molecule has 1 aliphatic heterocycles. The van der Waals surface area contributed by atoms with Crippen LogP contribution in [0.15, 0.2) is 24.3 Å². The van der Waals surface area contributed by atoms with Crippen LogP contribution in [-0.2, 0) is 9.53 Å². The molecule has 3 amide bonds. The molecule has 22 heavy (non-hydrogen) atoms. The largest absolute Gasteiger partial charge is 0.465 e. The molecule has 1 aromatic carbocycles. The fourth-order valence-corrected chi connectivity index (χ4v) is 2.44. The molecular formula is C15H19N3O4. The van der Waals surface area contributed by atoms with Gasteiger partial charge in [0.05, 0.1) is 18.4 Å². The second kappa shape index (κ2) is 6.93. The van der Waals surface area contributed by atoms with Crippen LogP contribution < -0.4 is 11.1 Å². The number of carbonyl (C=O) groups is 3. The molecule has 0 aromatic heterocycles. The molecule has 1 aliphatic rings. The van der Waals surface area contributed by atoms with Crippen molar-refractivity contribution in [3.8, 4) is 0 Å². The van der Waals surface area contributed by atoms with Gasteiger partial charge in [0, 0.05) is 19.0 Å². The van der Waals surface area contributed by atoms with Gasteiger partial charge in [-0.05, 0) is 25.0 Å². The maximum atomic E-state index is 12.3. The summed E-state index contributed by atoms with van der Waals surface area (Å²) in [4.78, 5) is 36.7. The lowest BCUT2D eigenvalue weighted by molar-refractivity contribution is -0.122. The quantitative estimate of drug-likeness (QED) is 0.819. The fourth-order valence-electron chi connectivity index (χ4n) is 2.44. The Morgan fingerprint density at radius 1 is 1.23 bits per heavy atom. The van der Waals surface area contributed by atoms with Gasteiger partial charge in [0.15, 0.2) is 0 Å². The summed E-state index contributed by atoms with van der Waals surface area (Å²) < 4.78 is 4.69. The third-order valence-electron chi connectivity index (χ3n) is 3.76. The van der Waals surface area contributed by atoms with Crippen molar-refractivity contribution in [1.82, 2.24) is 4.90 Å². The second-order valence-corrected chi connectivity index (χ2v) is 5.13. The number of para-hydroxylation sites is 1. The van der Waals surface area contributed by atoms with Crippen LogP contribution in [0.25, 0.3) is 0 Å². The summed E-state index contributed by atoms with van der Waals surface area (Å²) >= 11 is 0. The van der Waals surface area contributed by atoms with E-state index in [9.17, 15) is 14.4 Å². The Kier molecular flexibility index (Phi) is 4.98. The van der Waals surface area contributed by atoms with Gasteiger partial charge in [-0.15, -0.1) is 0 Å². The molecule has 1 fully saturated rings. The Hall–Kier alpha value is -2.57. The Morgan fingerprint density at radius 2 is 1.86 bits per heavy atom. The van der Waals surface area contributed by atoms with Gasteiger partial charge in [-0.25, -0.2) is 9.59 Å². The number of hydrogen-bond acceptors (Lipinski definition) is 4. The van der Waals surface area contributed by atoms with Crippen molar-refractivity contribution in [2.45, 2.75) is 12.8 Å². The van der Waals surface area contributed by atoms with E-state index in [1.165, 1.54) is 7.11 Å². The molecule has 7 nitrogen and oxygen atoms in total. The van der Waals surface area contributed by atoms with Crippen LogP contribution in [0, 0.1) is 5.92 Å². The first-order chi connectivity index (χ1) is 10.5. The number of amides is 3. The number of methoxy groups -OCH3 is 1. The van der Waals surface area contributed by atoms with Crippen molar-refractivity contribution >= 4 is 23.6 Å². The predicted molar refractivity (Wildman–Crippen MR) is 80.3 cm³/mol. The normalized spacial score (nSPS) is 15.2. The van der Waals surface area contributed by atoms with Crippen molar-refractivity contribution in [2.75, 3.05) is 25.5 Å². The second-order valence-electron chi connectivity index (χ2n) is 5.13. The third-order valence-corrected chi connectivity index (χ3v) is 3.76. The van der Waals surface area contributed by atoms with E-state index in [2.05, 4.69) is 10.1 Å². The molecule has 0 aliphatic carbocycles. The van der Waals surface area contributed by atoms with Gasteiger partial charge in [-0.2, -0.15) is 0 Å². The Bertz CT molecular complexity index is 580. The zero-order valence-electron chi connectivity index (χ0n) is 12.4. The highest BCUT2D eigenvalue weighted by molar-refractivity contribution is 6.00. The lowest BCUT2D eigenvalue weighted by Gasteiger charge is -2.30. The smallest absolute Gasteiger partial charge is 0.339 e. The number of benzene rings is 1. The zero-order valence-corrected chi connectivity index (χ0v) is 12.4. The summed E-state index contributed by atoms with van der Waals surface area (Å²) in [5.74, 6) is -1.01. The molecule has 0 unspecified atom stereocenters. The number of piperidine rings is 1. The van der Waals surface area contributed by atoms with Gasteiger partial charge in [-0.3, -0.25) is 4.79 Å². The zero-order chi connectivity index (χ0) is 16.1. The summed E-state index contributed by atoms with van der Waals surface area (Å²) in [6.07, 6.45) is 1.11. The van der Waals surface area contributed by atoms with Crippen LogP contribution in [0.3, 0.4) is 0 Å². The minimum Gasteiger partial charge on any atom is -0.465 e. The maximum absolute atomic E-state index is 12.3. The van der Waals surface area contributed by atoms with Crippen LogP contribution in [0.5, 0.6) is 0 Å². The van der Waals surface area contributed by atoms with E-state index < -0.39 is 5.97 Å². The Labute approximate surface area is 128 Å². The number of urea groups is 1. The summed E-state index contributed by atoms with van der Waals surface area (Å²) in [5.41, 5.74) is 5.97. The minimum absolute atomic E-state index is 0.175. The molecule has 0 radical (unpaired) electrons. The van der Waals surface area contributed by atoms with E-state index in [1.807, 2.05) is 0 Å². The Morgan fingerprint density at radius 3 is 2.45 bits per heavy atom. The van der Waals surface area contributed by atoms with E-state index in [-0.39, 0.29) is 17.9 Å². The van der Waals surface area contributed by atoms with Crippen molar-refractivity contribution in [2.24, 2.45) is 11.7 Å². The first-order valence-electron chi connectivity index (χ1n) is 7.05. The molecule has 1 heterocycles. The van der Waals surface area contributed by atoms with Crippen molar-refractivity contribution in [1.29, 1.82) is 0 Å². The van der Waals surface area contributed by atoms with E-state index in [0.717, 1.165) is 0 Å². The summed E-state index contributed by atoms with van der Waals surface area (Å²) in [6.45, 7) is 0.916. The summed E-state index contributed by atoms with van der Waals surface area (Å²) in [6, 6.07) is 6.34. The van der Waals surface area contributed by atoms with Gasteiger partial charge in [0.2, 0.25) is 5.91 Å². The molecule has 7 heteroatoms. The van der Waals surface area contributed by atoms with Crippen LogP contribution in [0.2, 0.25) is 0 Å². The van der Waals surface area contributed by atoms with Crippen LogP contribution in [-0.4, -0.2) is 43.0 Å². The standard InChI is InChI=1S/C15H19N3O4/c1-22-14(20)11-4-2-3-5-12(11)17-15(21)18-8-6-10(7-9-18)13(16)19/h2-5,10H,6-9H2,1H3,(H2,16,19)(H,17,21). The lowest BCUT2D eigenvalue weighted by Crippen LogP contribution is -2.43. The van der Waals surface area contributed by atoms with Crippen LogP contribution >= 0.6 is 0 Å². The van der Waals surface area contributed by atoms with E-state index in [1.54, 1.807) is 29.2 Å². The van der Waals surface area contributed by atoms with E-state index in [4.69, 9.17) is 5.73 Å². The van der Waals surface area contributed by atoms with Gasteiger partial charge in [-0.1, -0.05) is 12.1 Å². The van der Waals surface area contributed by atoms with Gasteiger partial charge < -0.3 is 20.7 Å². The number of nitrogens with zero attached hydrogens (tertiary/aromatic N) is 1. The van der Waals surface area contributed by atoms with E-state index in [0.29, 0.717) is 37.2 Å². The van der Waals surface area contributed by atoms with Crippen molar-refractivity contribution in [3.05, 3.63) is 29.8 Å². The lowest BCUT2D eigenvalue weighted by atomic mass is 9.96. The first-order valence-corrected chi connectivity index (χ1v) is 7.05. The summed E-state index contributed by atoms with van der Waals surface area (Å²) in [5, 5.41) is 2.71. The van der Waals surface area contributed by atoms with Gasteiger partial charge in [0.25, 0.3) is 0 Å². The number of esters is 1. The predicted octanol–water partition coefficient (Wildman–Crippen LogP) is 1.20. The van der Waals surface area contributed by atoms with E-state index >= 15 is 0 Å². The molecular weight excluding hydrogens is 286 g/mol. The fraction of sp³-hybridized carbons (Fsp3) is 0.400. The number of ether oxygens (including phenoxy) is 1. The van der Waals surface area contributed by atoms with Crippen molar-refractivity contribution in [3.63, 3.8) is 0 Å². The van der Waals surface area contributed by atoms with Crippen LogP contribution in [0.4, 0.5) is 10.5 Å². The van der Waals surface area contributed by atoms with Crippen LogP contribution in [0.1, 0.15) is 23.2 Å². The highest BCUT2D eigenvalue weighted by atomic mass is 16.5. The molecule has 1 saturated heterocycles. The minimum atomic E-state index is -0.511. The number of rotatable bonds is 3. The Balaban J connectivity index is 2.01. The molecule has 0 spiro atoms. The van der Waals surface area contributed by atoms with Gasteiger partial charge in [0.1, 0.15) is 0 Å². The first kappa shape index (κ1) is 15.8. The maximum Gasteiger partial charge on any atom is 0.339 e. The monoisotopic (exact) mass is 305 g/mol. The van der Waals surface area contributed by atoms with Gasteiger partial charge >= 0.3 is 12.0 Å². The average Bonchev–Trinajstić information content (AvgIpc) is 2.54. The number of anilines is 1. The SMILES string of the molecule is COC(=O)c1ccccc1NC(=O)N1CCC(C(N)=O)CC1. The number of primary amides is 1. The third kappa shape index (κ3) is 3.55. The molecule has 0 saturated carbocycles. The molecule has 3 N–H and O–H groups in total. The number of nitrogens with one attached hydrogen (secondary N) is 1. The number of nitrogens with two attached hydrogens (primary N) is 1. The topological polar surface area (TPSA) is 102 Å². The highest BCUT2D eigenvalue weighted by Crippen LogP contribution is 2.20. The highest BCUT2D eigenvalue weighted by Gasteiger charge is 2.26. The average molecular weight is 305 g/mol. The summed E-state index contributed by atoms with van der Waals surface area (Å²) in [7, 11) is 1.29. The molecule has 1 aromatic rings. The number of hydrogen-bond donors (Lipinski definition) is 2. The molecule has 2 rings (SSSR count). The number of likely N-dealkylation sites (tertiary alicyclic amines) is 1. The van der Waals surface area contributed by atoms with Crippen molar-refractivity contribution < 1.29 is 19.1 Å². The molecule has 0 bridgehead atoms. The number of carbonyl (C=O) groups excluding carboxylic acids is 3. The molecule has 0 atom stereocenters. The molecule has 118 valence electrons.